The Balaban J connectivity index is 2.05. The number of allylic oxidation sites excluding steroid dienone is 1. The van der Waals surface area contributed by atoms with Crippen molar-refractivity contribution < 1.29 is 23.0 Å². The van der Waals surface area contributed by atoms with Crippen molar-refractivity contribution in [2.75, 3.05) is 23.8 Å². The smallest absolute Gasteiger partial charge is 0.387 e. The lowest BCUT2D eigenvalue weighted by Crippen LogP contribution is -2.11. The highest BCUT2D eigenvalue weighted by atomic mass is 19.3. The maximum Gasteiger partial charge on any atom is 0.387 e. The van der Waals surface area contributed by atoms with Crippen molar-refractivity contribution in [1.82, 2.24) is 9.97 Å². The first-order valence-electron chi connectivity index (χ1n) is 8.11. The van der Waals surface area contributed by atoms with Crippen molar-refractivity contribution in [2.24, 2.45) is 10.7 Å². The van der Waals surface area contributed by atoms with Crippen LogP contribution in [0.1, 0.15) is 5.56 Å². The Morgan fingerprint density at radius 3 is 2.93 bits per heavy atom. The van der Waals surface area contributed by atoms with E-state index in [0.29, 0.717) is 11.3 Å². The van der Waals surface area contributed by atoms with Crippen molar-refractivity contribution in [3.8, 4) is 5.75 Å². The van der Waals surface area contributed by atoms with Gasteiger partial charge in [0.25, 0.3) is 0 Å². The molecule has 0 saturated carbocycles. The van der Waals surface area contributed by atoms with Gasteiger partial charge < -0.3 is 26.2 Å². The van der Waals surface area contributed by atoms with Gasteiger partial charge in [-0.25, -0.2) is 9.37 Å². The summed E-state index contributed by atoms with van der Waals surface area (Å²) in [5, 5.41) is 14.2. The fourth-order valence-corrected chi connectivity index (χ4v) is 2.04. The van der Waals surface area contributed by atoms with Crippen LogP contribution in [-0.4, -0.2) is 41.1 Å². The average molecular weight is 396 g/mol. The van der Waals surface area contributed by atoms with Gasteiger partial charge in [-0.15, -0.1) is 0 Å². The summed E-state index contributed by atoms with van der Waals surface area (Å²) < 4.78 is 42.9. The number of aliphatic hydroxyl groups excluding tert-OH is 1. The number of aromatic nitrogens is 2. The van der Waals surface area contributed by atoms with Gasteiger partial charge in [0.2, 0.25) is 5.95 Å². The van der Waals surface area contributed by atoms with E-state index in [4.69, 9.17) is 10.8 Å². The van der Waals surface area contributed by atoms with E-state index in [2.05, 4.69) is 30.3 Å². The van der Waals surface area contributed by atoms with E-state index in [0.717, 1.165) is 6.20 Å². The lowest BCUT2D eigenvalue weighted by atomic mass is 10.2. The summed E-state index contributed by atoms with van der Waals surface area (Å²) in [5.74, 6) is -0.732. The Morgan fingerprint density at radius 2 is 2.21 bits per heavy atom. The molecule has 28 heavy (non-hydrogen) atoms. The van der Waals surface area contributed by atoms with Crippen LogP contribution in [0.15, 0.2) is 47.4 Å². The van der Waals surface area contributed by atoms with Gasteiger partial charge in [0, 0.05) is 19.0 Å². The molecule has 0 amide bonds. The molecule has 0 radical (unpaired) electrons. The van der Waals surface area contributed by atoms with Crippen LogP contribution >= 0.6 is 0 Å². The first-order chi connectivity index (χ1) is 13.5. The lowest BCUT2D eigenvalue weighted by Gasteiger charge is -2.11. The van der Waals surface area contributed by atoms with Crippen molar-refractivity contribution >= 4 is 18.0 Å². The number of hydrogen-bond acceptors (Lipinski definition) is 8. The van der Waals surface area contributed by atoms with Crippen LogP contribution in [0.25, 0.3) is 0 Å². The summed E-state index contributed by atoms with van der Waals surface area (Å²) in [6.07, 6.45) is 3.56. The number of alkyl halides is 2. The number of halogens is 3. The van der Waals surface area contributed by atoms with E-state index in [1.54, 1.807) is 12.1 Å². The largest absolute Gasteiger partial charge is 0.435 e. The highest BCUT2D eigenvalue weighted by molar-refractivity contribution is 5.82. The third-order valence-corrected chi connectivity index (χ3v) is 3.22. The van der Waals surface area contributed by atoms with E-state index in [9.17, 15) is 13.2 Å². The molecule has 2 rings (SSSR count). The summed E-state index contributed by atoms with van der Waals surface area (Å²) in [4.78, 5) is 11.7. The van der Waals surface area contributed by atoms with Crippen LogP contribution < -0.4 is 21.1 Å². The summed E-state index contributed by atoms with van der Waals surface area (Å²) in [6.45, 7) is -2.73. The van der Waals surface area contributed by atoms with Gasteiger partial charge in [0.1, 0.15) is 5.75 Å². The zero-order valence-electron chi connectivity index (χ0n) is 14.6. The van der Waals surface area contributed by atoms with Crippen LogP contribution in [-0.2, 0) is 6.54 Å². The van der Waals surface area contributed by atoms with Gasteiger partial charge >= 0.3 is 6.61 Å². The molecular weight excluding hydrogens is 377 g/mol. The minimum atomic E-state index is -2.93. The quantitative estimate of drug-likeness (QED) is 0.454. The molecule has 0 aliphatic rings. The Hall–Kier alpha value is -3.34. The second-order valence-electron chi connectivity index (χ2n) is 5.28. The van der Waals surface area contributed by atoms with Crippen LogP contribution in [0.5, 0.6) is 5.75 Å². The zero-order valence-corrected chi connectivity index (χ0v) is 14.6. The molecule has 0 spiro atoms. The second-order valence-corrected chi connectivity index (χ2v) is 5.28. The predicted octanol–water partition coefficient (Wildman–Crippen LogP) is 2.10. The van der Waals surface area contributed by atoms with E-state index >= 15 is 0 Å². The van der Waals surface area contributed by atoms with Crippen molar-refractivity contribution in [3.63, 3.8) is 0 Å². The van der Waals surface area contributed by atoms with Gasteiger partial charge in [-0.05, 0) is 17.7 Å². The standard InChI is InChI=1S/C17H19F3N6O2/c18-14-10-24-17(25-12(7-21)9-22-4-5-27)26-15(14)23-8-11-2-1-3-13(6-11)28-16(19)20/h1-3,6-7,9-10,16,27H,4-5,8,21H2,(H2,23,24,25,26). The normalized spacial score (nSPS) is 11.8. The summed E-state index contributed by atoms with van der Waals surface area (Å²) >= 11 is 0. The fraction of sp³-hybridized carbons (Fsp3) is 0.235. The summed E-state index contributed by atoms with van der Waals surface area (Å²) in [7, 11) is 0. The number of aliphatic hydroxyl groups is 1. The Labute approximate surface area is 159 Å². The van der Waals surface area contributed by atoms with E-state index in [1.165, 1.54) is 24.5 Å². The third kappa shape index (κ3) is 6.76. The molecule has 8 nitrogen and oxygen atoms in total. The number of nitrogens with two attached hydrogens (primary N) is 1. The van der Waals surface area contributed by atoms with Gasteiger partial charge in [-0.3, -0.25) is 4.99 Å². The number of rotatable bonds is 10. The monoisotopic (exact) mass is 396 g/mol. The minimum Gasteiger partial charge on any atom is -0.435 e. The molecule has 11 heteroatoms. The number of aliphatic imine (C=N–C) groups is 1. The molecule has 0 saturated heterocycles. The first-order valence-corrected chi connectivity index (χ1v) is 8.11. The molecule has 0 aliphatic carbocycles. The van der Waals surface area contributed by atoms with Gasteiger partial charge in [-0.2, -0.15) is 13.8 Å². The fourth-order valence-electron chi connectivity index (χ4n) is 2.04. The number of ether oxygens (including phenoxy) is 1. The molecule has 1 aromatic heterocycles. The molecular formula is C17H19F3N6O2. The van der Waals surface area contributed by atoms with Crippen LogP contribution in [0.4, 0.5) is 24.9 Å². The SMILES string of the molecule is NC=C(C=NCCO)Nc1ncc(F)c(NCc2cccc(OC(F)F)c2)n1. The number of anilines is 2. The van der Waals surface area contributed by atoms with Crippen molar-refractivity contribution in [3.05, 3.63) is 53.7 Å². The predicted molar refractivity (Wildman–Crippen MR) is 98.7 cm³/mol. The number of hydrogen-bond donors (Lipinski definition) is 4. The van der Waals surface area contributed by atoms with E-state index in [-0.39, 0.29) is 37.2 Å². The van der Waals surface area contributed by atoms with Crippen LogP contribution in [0, 0.1) is 5.82 Å². The molecule has 0 unspecified atom stereocenters. The molecule has 1 aromatic carbocycles. The van der Waals surface area contributed by atoms with E-state index < -0.39 is 12.4 Å². The first kappa shape index (κ1) is 21.0. The zero-order chi connectivity index (χ0) is 20.4. The molecule has 5 N–H and O–H groups in total. The molecule has 2 aromatic rings. The Kier molecular flexibility index (Phi) is 8.03. The van der Waals surface area contributed by atoms with E-state index in [1.807, 2.05) is 0 Å². The summed E-state index contributed by atoms with van der Waals surface area (Å²) in [6, 6.07) is 6.00. The summed E-state index contributed by atoms with van der Waals surface area (Å²) in [5.41, 5.74) is 6.40. The second kappa shape index (κ2) is 10.7. The molecule has 0 bridgehead atoms. The molecule has 1 heterocycles. The van der Waals surface area contributed by atoms with Crippen LogP contribution in [0.2, 0.25) is 0 Å². The van der Waals surface area contributed by atoms with Crippen molar-refractivity contribution in [1.29, 1.82) is 0 Å². The molecule has 0 aliphatic heterocycles. The Morgan fingerprint density at radius 1 is 1.39 bits per heavy atom. The lowest BCUT2D eigenvalue weighted by molar-refractivity contribution is -0.0498. The van der Waals surface area contributed by atoms with Gasteiger partial charge in [-0.1, -0.05) is 12.1 Å². The number of benzene rings is 1. The highest BCUT2D eigenvalue weighted by Gasteiger charge is 2.09. The Bertz CT molecular complexity index is 832. The third-order valence-electron chi connectivity index (χ3n) is 3.22. The molecule has 0 atom stereocenters. The molecule has 0 fully saturated rings. The number of nitrogens with one attached hydrogen (secondary N) is 2. The van der Waals surface area contributed by atoms with Gasteiger partial charge in [0.15, 0.2) is 11.6 Å². The highest BCUT2D eigenvalue weighted by Crippen LogP contribution is 2.18. The molecule has 150 valence electrons. The van der Waals surface area contributed by atoms with Gasteiger partial charge in [0.05, 0.1) is 25.0 Å². The minimum absolute atomic E-state index is 0.000272. The topological polar surface area (TPSA) is 118 Å². The maximum atomic E-state index is 14.0. The van der Waals surface area contributed by atoms with Crippen molar-refractivity contribution in [2.45, 2.75) is 13.2 Å². The van der Waals surface area contributed by atoms with Crippen LogP contribution in [0.3, 0.4) is 0 Å². The maximum absolute atomic E-state index is 14.0. The average Bonchev–Trinajstić information content (AvgIpc) is 2.67. The number of nitrogens with zero attached hydrogens (tertiary/aromatic N) is 3.